The Labute approximate surface area is 173 Å². The first kappa shape index (κ1) is 20.2. The fourth-order valence-electron chi connectivity index (χ4n) is 3.80. The molecule has 0 radical (unpaired) electrons. The monoisotopic (exact) mass is 416 g/mol. The fourth-order valence-corrected chi connectivity index (χ4v) is 3.80. The first-order valence-electron chi connectivity index (χ1n) is 9.77. The summed E-state index contributed by atoms with van der Waals surface area (Å²) in [6, 6.07) is 5.04. The number of aliphatic hydroxyl groups excluding tert-OH is 1. The molecule has 5 N–H and O–H groups in total. The number of oxime groups is 1. The van der Waals surface area contributed by atoms with Gasteiger partial charge in [0.1, 0.15) is 0 Å². The molecule has 1 unspecified atom stereocenters. The van der Waals surface area contributed by atoms with Gasteiger partial charge in [0.2, 0.25) is 12.7 Å². The molecule has 1 saturated heterocycles. The van der Waals surface area contributed by atoms with Gasteiger partial charge in [-0.25, -0.2) is 0 Å². The smallest absolute Gasteiger partial charge is 0.252 e. The van der Waals surface area contributed by atoms with E-state index < -0.39 is 23.7 Å². The van der Waals surface area contributed by atoms with E-state index >= 15 is 0 Å². The van der Waals surface area contributed by atoms with Gasteiger partial charge in [-0.2, -0.15) is 0 Å². The van der Waals surface area contributed by atoms with Gasteiger partial charge in [0, 0.05) is 24.9 Å². The molecule has 0 aromatic heterocycles. The Morgan fingerprint density at radius 3 is 3.00 bits per heavy atom. The zero-order valence-electron chi connectivity index (χ0n) is 16.5. The molecule has 0 saturated carbocycles. The third-order valence-corrected chi connectivity index (χ3v) is 5.36. The van der Waals surface area contributed by atoms with Gasteiger partial charge < -0.3 is 35.8 Å². The average molecular weight is 416 g/mol. The topological polar surface area (TPSA) is 144 Å². The Kier molecular flexibility index (Phi) is 5.35. The van der Waals surface area contributed by atoms with Gasteiger partial charge in [0.25, 0.3) is 5.91 Å². The van der Waals surface area contributed by atoms with Crippen molar-refractivity contribution in [3.8, 4) is 11.5 Å². The maximum absolute atomic E-state index is 12.7. The summed E-state index contributed by atoms with van der Waals surface area (Å²) in [5, 5.41) is 19.9. The molecular weight excluding hydrogens is 392 g/mol. The lowest BCUT2D eigenvalue weighted by Crippen LogP contribution is -2.44. The summed E-state index contributed by atoms with van der Waals surface area (Å²) in [5.74, 6) is 0.0706. The Hall–Kier alpha value is -3.11. The molecule has 10 heteroatoms. The van der Waals surface area contributed by atoms with Crippen LogP contribution in [0.5, 0.6) is 11.5 Å². The number of allylic oxidation sites excluding steroid dienone is 1. The summed E-state index contributed by atoms with van der Waals surface area (Å²) >= 11 is 0. The number of carbonyl (C=O) groups is 2. The van der Waals surface area contributed by atoms with Gasteiger partial charge in [-0.15, -0.1) is 0 Å². The lowest BCUT2D eigenvalue weighted by atomic mass is 9.91. The predicted molar refractivity (Wildman–Crippen MR) is 106 cm³/mol. The van der Waals surface area contributed by atoms with Crippen molar-refractivity contribution in [2.75, 3.05) is 13.3 Å². The first-order valence-corrected chi connectivity index (χ1v) is 9.77. The highest BCUT2D eigenvalue weighted by atomic mass is 16.7. The number of nitrogens with two attached hydrogens (primary N) is 1. The second-order valence-corrected chi connectivity index (χ2v) is 7.56. The first-order chi connectivity index (χ1) is 14.4. The maximum atomic E-state index is 12.7. The highest BCUT2D eigenvalue weighted by Crippen LogP contribution is 2.37. The van der Waals surface area contributed by atoms with Gasteiger partial charge in [-0.05, 0) is 24.6 Å². The molecule has 3 heterocycles. The second kappa shape index (κ2) is 7.96. The van der Waals surface area contributed by atoms with Crippen LogP contribution in [0.2, 0.25) is 0 Å². The number of carbonyl (C=O) groups excluding carboxylic acids is 2. The number of amides is 2. The number of nitrogens with zero attached hydrogens (tertiary/aromatic N) is 1. The minimum absolute atomic E-state index is 0.0855. The van der Waals surface area contributed by atoms with Crippen molar-refractivity contribution in [2.45, 2.75) is 43.9 Å². The molecule has 3 aliphatic rings. The van der Waals surface area contributed by atoms with Gasteiger partial charge in [-0.1, -0.05) is 18.2 Å². The molecule has 0 aliphatic carbocycles. The number of aliphatic hydroxyl groups is 1. The molecule has 1 aromatic carbocycles. The molecule has 1 fully saturated rings. The minimum atomic E-state index is -1.56. The number of fused-ring (bicyclic) bond motifs is 1. The minimum Gasteiger partial charge on any atom is -0.454 e. The van der Waals surface area contributed by atoms with Gasteiger partial charge >= 0.3 is 0 Å². The number of rotatable bonds is 6. The number of hydrogen-bond donors (Lipinski definition) is 4. The van der Waals surface area contributed by atoms with E-state index in [2.05, 4.69) is 15.8 Å². The Morgan fingerprint density at radius 2 is 2.23 bits per heavy atom. The molecule has 30 heavy (non-hydrogen) atoms. The van der Waals surface area contributed by atoms with Crippen molar-refractivity contribution in [2.24, 2.45) is 10.9 Å². The summed E-state index contributed by atoms with van der Waals surface area (Å²) in [7, 11) is 0. The van der Waals surface area contributed by atoms with Crippen LogP contribution >= 0.6 is 0 Å². The summed E-state index contributed by atoms with van der Waals surface area (Å²) in [5.41, 5.74) is 6.24. The molecule has 4 rings (SSSR count). The largest absolute Gasteiger partial charge is 0.454 e. The van der Waals surface area contributed by atoms with Gasteiger partial charge in [-0.3, -0.25) is 9.59 Å². The molecule has 1 aromatic rings. The van der Waals surface area contributed by atoms with Crippen molar-refractivity contribution < 1.29 is 29.0 Å². The second-order valence-electron chi connectivity index (χ2n) is 7.56. The molecule has 1 spiro atoms. The van der Waals surface area contributed by atoms with Crippen molar-refractivity contribution >= 4 is 17.5 Å². The van der Waals surface area contributed by atoms with E-state index in [1.54, 1.807) is 6.08 Å². The Morgan fingerprint density at radius 1 is 1.43 bits per heavy atom. The van der Waals surface area contributed by atoms with Crippen LogP contribution in [0.15, 0.2) is 35.1 Å². The fraction of sp³-hybridized carbons (Fsp3) is 0.450. The molecule has 3 aliphatic heterocycles. The SMILES string of the molecule is CC/C=C(\NC(=O)[C@@H]1C[C@@]2(CN1)CC(c1ccc3c(c1)OCO3)=NO2)C(O)C(N)=O. The lowest BCUT2D eigenvalue weighted by Gasteiger charge is -2.20. The highest BCUT2D eigenvalue weighted by molar-refractivity contribution is 6.02. The number of ether oxygens (including phenoxy) is 2. The number of benzene rings is 1. The zero-order valence-corrected chi connectivity index (χ0v) is 16.5. The van der Waals surface area contributed by atoms with Crippen LogP contribution in [0.25, 0.3) is 0 Å². The predicted octanol–water partition coefficient (Wildman–Crippen LogP) is -0.103. The van der Waals surface area contributed by atoms with Crippen molar-refractivity contribution in [3.05, 3.63) is 35.5 Å². The normalized spacial score (nSPS) is 25.7. The third-order valence-electron chi connectivity index (χ3n) is 5.36. The summed E-state index contributed by atoms with van der Waals surface area (Å²) in [6.07, 6.45) is 1.45. The van der Waals surface area contributed by atoms with Crippen molar-refractivity contribution in [1.29, 1.82) is 0 Å². The van der Waals surface area contributed by atoms with E-state index in [1.807, 2.05) is 25.1 Å². The number of hydrogen-bond acceptors (Lipinski definition) is 8. The quantitative estimate of drug-likeness (QED) is 0.507. The van der Waals surface area contributed by atoms with Crippen molar-refractivity contribution in [3.63, 3.8) is 0 Å². The standard InChI is InChI=1S/C20H24N4O6/c1-2-3-12(17(25)18(21)26)23-19(27)14-8-20(9-22-14)7-13(24-30-20)11-4-5-15-16(6-11)29-10-28-15/h3-6,14,17,22,25H,2,7-10H2,1H3,(H2,21,26)(H,23,27)/b12-3-/t14-,17?,20+/m0/s1. The van der Waals surface area contributed by atoms with Crippen molar-refractivity contribution in [1.82, 2.24) is 10.6 Å². The van der Waals surface area contributed by atoms with Crippen LogP contribution in [0.3, 0.4) is 0 Å². The van der Waals surface area contributed by atoms with Crippen LogP contribution in [-0.4, -0.2) is 53.7 Å². The molecular formula is C20H24N4O6. The van der Waals surface area contributed by atoms with Crippen LogP contribution < -0.4 is 25.8 Å². The lowest BCUT2D eigenvalue weighted by molar-refractivity contribution is -0.125. The van der Waals surface area contributed by atoms with Gasteiger partial charge in [0.15, 0.2) is 23.2 Å². The van der Waals surface area contributed by atoms with E-state index in [0.717, 1.165) is 11.3 Å². The van der Waals surface area contributed by atoms with E-state index in [0.29, 0.717) is 37.3 Å². The highest BCUT2D eigenvalue weighted by Gasteiger charge is 2.48. The average Bonchev–Trinajstić information content (AvgIpc) is 3.46. The van der Waals surface area contributed by atoms with E-state index in [1.165, 1.54) is 0 Å². The molecule has 2 amide bonds. The van der Waals surface area contributed by atoms with E-state index in [9.17, 15) is 14.7 Å². The Balaban J connectivity index is 1.39. The van der Waals surface area contributed by atoms with Crippen LogP contribution in [0, 0.1) is 0 Å². The van der Waals surface area contributed by atoms with E-state index in [-0.39, 0.29) is 18.4 Å². The molecule has 10 nitrogen and oxygen atoms in total. The summed E-state index contributed by atoms with van der Waals surface area (Å²) < 4.78 is 10.7. The summed E-state index contributed by atoms with van der Waals surface area (Å²) in [6.45, 7) is 2.46. The summed E-state index contributed by atoms with van der Waals surface area (Å²) in [4.78, 5) is 29.7. The molecule has 0 bridgehead atoms. The van der Waals surface area contributed by atoms with Crippen LogP contribution in [0.4, 0.5) is 0 Å². The Bertz CT molecular complexity index is 930. The maximum Gasteiger partial charge on any atom is 0.252 e. The zero-order chi connectivity index (χ0) is 21.3. The number of nitrogens with one attached hydrogen (secondary N) is 2. The third kappa shape index (κ3) is 3.83. The molecule has 3 atom stereocenters. The van der Waals surface area contributed by atoms with Gasteiger partial charge in [0.05, 0.1) is 17.5 Å². The molecule has 160 valence electrons. The number of primary amides is 1. The van der Waals surface area contributed by atoms with Crippen LogP contribution in [-0.2, 0) is 14.4 Å². The van der Waals surface area contributed by atoms with E-state index in [4.69, 9.17) is 20.0 Å². The van der Waals surface area contributed by atoms with Crippen LogP contribution in [0.1, 0.15) is 31.7 Å².